The van der Waals surface area contributed by atoms with E-state index < -0.39 is 17.8 Å². The first-order chi connectivity index (χ1) is 15.5. The lowest BCUT2D eigenvalue weighted by molar-refractivity contribution is -0.192. The first kappa shape index (κ1) is 25.2. The number of carbonyl (C=O) groups is 2. The summed E-state index contributed by atoms with van der Waals surface area (Å²) in [5.74, 6) is -2.56. The maximum Gasteiger partial charge on any atom is 0.490 e. The minimum atomic E-state index is -5.08. The van der Waals surface area contributed by atoms with Crippen LogP contribution in [0.25, 0.3) is 16.8 Å². The highest BCUT2D eigenvalue weighted by atomic mass is 19.4. The molecule has 0 fully saturated rings. The number of carboxylic acid groups (broad SMARTS) is 1. The molecule has 3 rings (SSSR count). The lowest BCUT2D eigenvalue weighted by Crippen LogP contribution is -2.23. The summed E-state index contributed by atoms with van der Waals surface area (Å²) in [6, 6.07) is 6.96. The highest BCUT2D eigenvalue weighted by molar-refractivity contribution is 5.88. The quantitative estimate of drug-likeness (QED) is 0.484. The smallest absolute Gasteiger partial charge is 0.475 e. The van der Waals surface area contributed by atoms with E-state index in [0.717, 1.165) is 15.8 Å². The average molecular weight is 470 g/mol. The molecule has 0 aliphatic rings. The molecule has 0 aliphatic heterocycles. The molecule has 0 aromatic carbocycles. The lowest BCUT2D eigenvalue weighted by atomic mass is 10.1. The molecule has 3 aromatic rings. The van der Waals surface area contributed by atoms with Gasteiger partial charge in [-0.2, -0.15) is 13.2 Å². The number of alkyl halides is 3. The van der Waals surface area contributed by atoms with Crippen LogP contribution in [0.3, 0.4) is 0 Å². The summed E-state index contributed by atoms with van der Waals surface area (Å²) >= 11 is 0. The molecule has 14 heteroatoms. The van der Waals surface area contributed by atoms with Crippen molar-refractivity contribution in [1.29, 1.82) is 0 Å². The SMILES string of the molecule is CC(=O)Nc1cc(-c2ccc3nn(C/C(=C/F)CN)c(=O)n3c2)ccn1.O=C(O)C(F)(F)F. The van der Waals surface area contributed by atoms with Crippen LogP contribution in [0, 0.1) is 0 Å². The number of pyridine rings is 2. The maximum absolute atomic E-state index is 12.7. The van der Waals surface area contributed by atoms with Gasteiger partial charge in [-0.15, -0.1) is 5.10 Å². The van der Waals surface area contributed by atoms with Crippen molar-refractivity contribution < 1.29 is 32.3 Å². The third-order valence-electron chi connectivity index (χ3n) is 3.99. The molecule has 0 radical (unpaired) electrons. The number of amides is 1. The number of hydrogen-bond donors (Lipinski definition) is 3. The maximum atomic E-state index is 12.7. The van der Waals surface area contributed by atoms with Crippen LogP contribution in [0.4, 0.5) is 23.4 Å². The van der Waals surface area contributed by atoms with Gasteiger partial charge < -0.3 is 16.2 Å². The second kappa shape index (κ2) is 10.5. The van der Waals surface area contributed by atoms with Crippen molar-refractivity contribution in [2.75, 3.05) is 11.9 Å². The van der Waals surface area contributed by atoms with Gasteiger partial charge in [-0.05, 0) is 41.0 Å². The first-order valence-electron chi connectivity index (χ1n) is 9.07. The zero-order valence-electron chi connectivity index (χ0n) is 17.0. The van der Waals surface area contributed by atoms with Gasteiger partial charge in [0.05, 0.1) is 12.9 Å². The van der Waals surface area contributed by atoms with Crippen molar-refractivity contribution in [3.63, 3.8) is 0 Å². The van der Waals surface area contributed by atoms with Gasteiger partial charge in [0.1, 0.15) is 5.82 Å². The molecule has 0 saturated heterocycles. The monoisotopic (exact) mass is 470 g/mol. The highest BCUT2D eigenvalue weighted by Gasteiger charge is 2.38. The summed E-state index contributed by atoms with van der Waals surface area (Å²) in [6.07, 6.45) is -1.49. The highest BCUT2D eigenvalue weighted by Crippen LogP contribution is 2.21. The molecular formula is C19H18F4N6O4. The van der Waals surface area contributed by atoms with E-state index >= 15 is 0 Å². The Labute approximate surface area is 183 Å². The van der Waals surface area contributed by atoms with Crippen LogP contribution in [0.2, 0.25) is 0 Å². The lowest BCUT2D eigenvalue weighted by Gasteiger charge is -2.05. The average Bonchev–Trinajstić information content (AvgIpc) is 3.06. The summed E-state index contributed by atoms with van der Waals surface area (Å²) in [7, 11) is 0. The second-order valence-electron chi connectivity index (χ2n) is 6.47. The molecular weight excluding hydrogens is 452 g/mol. The zero-order valence-corrected chi connectivity index (χ0v) is 17.0. The van der Waals surface area contributed by atoms with E-state index in [1.165, 1.54) is 11.3 Å². The van der Waals surface area contributed by atoms with Crippen LogP contribution in [-0.4, -0.2) is 48.9 Å². The summed E-state index contributed by atoms with van der Waals surface area (Å²) in [4.78, 5) is 36.6. The van der Waals surface area contributed by atoms with Crippen LogP contribution in [0.5, 0.6) is 0 Å². The fourth-order valence-electron chi connectivity index (χ4n) is 2.49. The molecule has 3 heterocycles. The van der Waals surface area contributed by atoms with Crippen molar-refractivity contribution in [2.24, 2.45) is 5.73 Å². The number of nitrogens with one attached hydrogen (secondary N) is 1. The van der Waals surface area contributed by atoms with Gasteiger partial charge in [0.2, 0.25) is 5.91 Å². The van der Waals surface area contributed by atoms with E-state index in [9.17, 15) is 27.2 Å². The Hall–Kier alpha value is -4.07. The molecule has 33 heavy (non-hydrogen) atoms. The molecule has 0 unspecified atom stereocenters. The number of fused-ring (bicyclic) bond motifs is 1. The van der Waals surface area contributed by atoms with E-state index in [1.54, 1.807) is 36.7 Å². The summed E-state index contributed by atoms with van der Waals surface area (Å²) in [5, 5.41) is 13.9. The Bertz CT molecular complexity index is 1250. The number of rotatable bonds is 5. The Kier molecular flexibility index (Phi) is 8.01. The van der Waals surface area contributed by atoms with Crippen LogP contribution in [0.15, 0.2) is 53.4 Å². The topological polar surface area (TPSA) is 145 Å². The third-order valence-corrected chi connectivity index (χ3v) is 3.99. The van der Waals surface area contributed by atoms with Gasteiger partial charge in [0.25, 0.3) is 0 Å². The van der Waals surface area contributed by atoms with Gasteiger partial charge in [-0.25, -0.2) is 28.0 Å². The fraction of sp³-hybridized carbons (Fsp3) is 0.211. The van der Waals surface area contributed by atoms with Gasteiger partial charge in [0, 0.05) is 25.9 Å². The third kappa shape index (κ3) is 6.70. The standard InChI is InChI=1S/C17H17FN6O2.C2HF3O2/c1-11(25)21-15-6-13(4-5-20-15)14-2-3-16-22-24(9-12(7-18)8-19)17(26)23(16)10-14;3-2(4,5)1(6)7/h2-7,10H,8-9,19H2,1H3,(H,20,21,25);(H,6,7)/b12-7+;. The van der Waals surface area contributed by atoms with Crippen molar-refractivity contribution in [1.82, 2.24) is 19.2 Å². The van der Waals surface area contributed by atoms with Gasteiger partial charge in [0.15, 0.2) is 5.65 Å². The fourth-order valence-corrected chi connectivity index (χ4v) is 2.49. The molecule has 3 aromatic heterocycles. The molecule has 4 N–H and O–H groups in total. The normalized spacial score (nSPS) is 11.6. The Balaban J connectivity index is 0.000000479. The summed E-state index contributed by atoms with van der Waals surface area (Å²) in [5.41, 5.74) is 7.25. The van der Waals surface area contributed by atoms with E-state index in [-0.39, 0.29) is 24.6 Å². The van der Waals surface area contributed by atoms with E-state index in [4.69, 9.17) is 15.6 Å². The Morgan fingerprint density at radius 1 is 1.24 bits per heavy atom. The predicted octanol–water partition coefficient (Wildman–Crippen LogP) is 1.96. The number of aliphatic carboxylic acids is 1. The summed E-state index contributed by atoms with van der Waals surface area (Å²) < 4.78 is 47.0. The van der Waals surface area contributed by atoms with Crippen LogP contribution in [-0.2, 0) is 16.1 Å². The molecule has 10 nitrogen and oxygen atoms in total. The number of anilines is 1. The number of nitrogens with two attached hydrogens (primary N) is 1. The molecule has 0 aliphatic carbocycles. The number of halogens is 4. The number of carboxylic acids is 1. The van der Waals surface area contributed by atoms with E-state index in [2.05, 4.69) is 15.4 Å². The molecule has 0 bridgehead atoms. The number of aromatic nitrogens is 4. The number of hydrogen-bond acceptors (Lipinski definition) is 6. The summed E-state index contributed by atoms with van der Waals surface area (Å²) in [6.45, 7) is 1.39. The minimum Gasteiger partial charge on any atom is -0.475 e. The second-order valence-corrected chi connectivity index (χ2v) is 6.47. The molecule has 0 saturated carbocycles. The zero-order chi connectivity index (χ0) is 24.8. The van der Waals surface area contributed by atoms with Crippen LogP contribution < -0.4 is 16.7 Å². The minimum absolute atomic E-state index is 0.00496. The van der Waals surface area contributed by atoms with Crippen molar-refractivity contribution >= 4 is 23.3 Å². The van der Waals surface area contributed by atoms with Gasteiger partial charge >= 0.3 is 17.8 Å². The molecule has 0 atom stereocenters. The van der Waals surface area contributed by atoms with Gasteiger partial charge in [-0.3, -0.25) is 4.79 Å². The Morgan fingerprint density at radius 2 is 1.91 bits per heavy atom. The van der Waals surface area contributed by atoms with Crippen LogP contribution >= 0.6 is 0 Å². The van der Waals surface area contributed by atoms with Crippen molar-refractivity contribution in [3.05, 3.63) is 59.0 Å². The molecule has 1 amide bonds. The number of carbonyl (C=O) groups excluding carboxylic acids is 1. The largest absolute Gasteiger partial charge is 0.490 e. The molecule has 0 spiro atoms. The molecule has 176 valence electrons. The predicted molar refractivity (Wildman–Crippen MR) is 109 cm³/mol. The number of nitrogens with zero attached hydrogens (tertiary/aromatic N) is 4. The van der Waals surface area contributed by atoms with E-state index in [1.807, 2.05) is 0 Å². The van der Waals surface area contributed by atoms with Crippen LogP contribution in [0.1, 0.15) is 6.92 Å². The van der Waals surface area contributed by atoms with Gasteiger partial charge in [-0.1, -0.05) is 0 Å². The van der Waals surface area contributed by atoms with Crippen molar-refractivity contribution in [2.45, 2.75) is 19.6 Å². The first-order valence-corrected chi connectivity index (χ1v) is 9.07. The van der Waals surface area contributed by atoms with E-state index in [0.29, 0.717) is 17.8 Å². The van der Waals surface area contributed by atoms with Crippen molar-refractivity contribution in [3.8, 4) is 11.1 Å². The Morgan fingerprint density at radius 3 is 2.45 bits per heavy atom.